The molecule has 6 heteroatoms. The second-order valence-corrected chi connectivity index (χ2v) is 4.60. The lowest BCUT2D eigenvalue weighted by molar-refractivity contribution is 0.0696. The van der Waals surface area contributed by atoms with Crippen LogP contribution in [-0.2, 0) is 6.61 Å². The van der Waals surface area contributed by atoms with Gasteiger partial charge in [-0.15, -0.1) is 0 Å². The highest BCUT2D eigenvalue weighted by molar-refractivity contribution is 6.31. The van der Waals surface area contributed by atoms with Gasteiger partial charge in [0.2, 0.25) is 0 Å². The summed E-state index contributed by atoms with van der Waals surface area (Å²) in [6.07, 6.45) is 0. The highest BCUT2D eigenvalue weighted by Crippen LogP contribution is 2.29. The van der Waals surface area contributed by atoms with Gasteiger partial charge in [0.25, 0.3) is 0 Å². The van der Waals surface area contributed by atoms with Gasteiger partial charge in [-0.3, -0.25) is 0 Å². The predicted octanol–water partition coefficient (Wildman–Crippen LogP) is 3.76. The normalized spacial score (nSPS) is 10.2. The van der Waals surface area contributed by atoms with Crippen molar-refractivity contribution < 1.29 is 23.8 Å². The largest absolute Gasteiger partial charge is 0.493 e. The van der Waals surface area contributed by atoms with Gasteiger partial charge < -0.3 is 14.6 Å². The number of halogens is 2. The van der Waals surface area contributed by atoms with E-state index in [1.54, 1.807) is 0 Å². The summed E-state index contributed by atoms with van der Waals surface area (Å²) in [5, 5.41) is 9.18. The van der Waals surface area contributed by atoms with E-state index in [9.17, 15) is 9.18 Å². The SMILES string of the molecule is COc1cc(C(=O)O)ccc1OCc1ccc(F)cc1Cl. The Morgan fingerprint density at radius 3 is 2.62 bits per heavy atom. The molecule has 21 heavy (non-hydrogen) atoms. The fourth-order valence-electron chi connectivity index (χ4n) is 1.71. The molecule has 0 saturated heterocycles. The van der Waals surface area contributed by atoms with Crippen LogP contribution in [0.1, 0.15) is 15.9 Å². The van der Waals surface area contributed by atoms with Crippen LogP contribution < -0.4 is 9.47 Å². The number of methoxy groups -OCH3 is 1. The number of rotatable bonds is 5. The molecule has 110 valence electrons. The Kier molecular flexibility index (Phi) is 4.65. The zero-order valence-corrected chi connectivity index (χ0v) is 11.9. The number of carbonyl (C=O) groups is 1. The topological polar surface area (TPSA) is 55.8 Å². The fraction of sp³-hybridized carbons (Fsp3) is 0.133. The van der Waals surface area contributed by atoms with Crippen molar-refractivity contribution in [3.8, 4) is 11.5 Å². The number of carboxylic acid groups (broad SMARTS) is 1. The lowest BCUT2D eigenvalue weighted by atomic mass is 10.2. The molecular formula is C15H12ClFO4. The van der Waals surface area contributed by atoms with Crippen LogP contribution in [-0.4, -0.2) is 18.2 Å². The van der Waals surface area contributed by atoms with Crippen molar-refractivity contribution in [2.24, 2.45) is 0 Å². The highest BCUT2D eigenvalue weighted by Gasteiger charge is 2.11. The second kappa shape index (κ2) is 6.45. The average Bonchev–Trinajstić information content (AvgIpc) is 2.46. The Balaban J connectivity index is 2.17. The van der Waals surface area contributed by atoms with Gasteiger partial charge in [-0.05, 0) is 30.3 Å². The Bertz CT molecular complexity index is 673. The summed E-state index contributed by atoms with van der Waals surface area (Å²) in [4.78, 5) is 10.9. The van der Waals surface area contributed by atoms with E-state index < -0.39 is 11.8 Å². The zero-order valence-electron chi connectivity index (χ0n) is 11.1. The summed E-state index contributed by atoms with van der Waals surface area (Å²) >= 11 is 5.91. The van der Waals surface area contributed by atoms with Gasteiger partial charge in [-0.25, -0.2) is 9.18 Å². The molecular weight excluding hydrogens is 299 g/mol. The summed E-state index contributed by atoms with van der Waals surface area (Å²) in [5.74, 6) is -0.801. The first-order valence-corrected chi connectivity index (χ1v) is 6.37. The lowest BCUT2D eigenvalue weighted by Crippen LogP contribution is -2.01. The molecule has 0 atom stereocenters. The Morgan fingerprint density at radius 1 is 1.24 bits per heavy atom. The molecule has 4 nitrogen and oxygen atoms in total. The maximum atomic E-state index is 12.9. The predicted molar refractivity (Wildman–Crippen MR) is 75.7 cm³/mol. The third-order valence-corrected chi connectivity index (χ3v) is 3.16. The standard InChI is InChI=1S/C15H12ClFO4/c1-20-14-6-9(15(18)19)3-5-13(14)21-8-10-2-4-11(17)7-12(10)16/h2-7H,8H2,1H3,(H,18,19). The molecule has 0 aliphatic rings. The third-order valence-electron chi connectivity index (χ3n) is 2.81. The van der Waals surface area contributed by atoms with E-state index in [4.69, 9.17) is 26.2 Å². The van der Waals surface area contributed by atoms with E-state index >= 15 is 0 Å². The molecule has 0 heterocycles. The summed E-state index contributed by atoms with van der Waals surface area (Å²) in [6.45, 7) is 0.113. The molecule has 0 unspecified atom stereocenters. The van der Waals surface area contributed by atoms with Crippen molar-refractivity contribution in [1.82, 2.24) is 0 Å². The minimum atomic E-state index is -1.05. The number of hydrogen-bond acceptors (Lipinski definition) is 3. The molecule has 0 aliphatic carbocycles. The molecule has 1 N–H and O–H groups in total. The summed E-state index contributed by atoms with van der Waals surface area (Å²) in [7, 11) is 1.42. The fourth-order valence-corrected chi connectivity index (χ4v) is 1.94. The first-order valence-electron chi connectivity index (χ1n) is 5.99. The Labute approximate surface area is 125 Å². The van der Waals surface area contributed by atoms with Gasteiger partial charge >= 0.3 is 5.97 Å². The molecule has 0 saturated carbocycles. The molecule has 0 fully saturated rings. The van der Waals surface area contributed by atoms with E-state index in [1.807, 2.05) is 0 Å². The molecule has 0 radical (unpaired) electrons. The monoisotopic (exact) mass is 310 g/mol. The average molecular weight is 311 g/mol. The van der Waals surface area contributed by atoms with Crippen LogP contribution in [0.4, 0.5) is 4.39 Å². The third kappa shape index (κ3) is 3.64. The van der Waals surface area contributed by atoms with E-state index in [2.05, 4.69) is 0 Å². The van der Waals surface area contributed by atoms with Gasteiger partial charge in [0.15, 0.2) is 11.5 Å². The van der Waals surface area contributed by atoms with Crippen molar-refractivity contribution in [2.75, 3.05) is 7.11 Å². The highest BCUT2D eigenvalue weighted by atomic mass is 35.5. The van der Waals surface area contributed by atoms with Gasteiger partial charge in [-0.1, -0.05) is 17.7 Å². The first-order chi connectivity index (χ1) is 10.0. The number of hydrogen-bond donors (Lipinski definition) is 1. The number of benzene rings is 2. The van der Waals surface area contributed by atoms with Crippen molar-refractivity contribution in [2.45, 2.75) is 6.61 Å². The first kappa shape index (κ1) is 15.1. The van der Waals surface area contributed by atoms with Crippen molar-refractivity contribution in [3.05, 3.63) is 58.4 Å². The molecule has 0 aliphatic heterocycles. The van der Waals surface area contributed by atoms with Crippen molar-refractivity contribution in [1.29, 1.82) is 0 Å². The van der Waals surface area contributed by atoms with E-state index in [0.29, 0.717) is 17.1 Å². The van der Waals surface area contributed by atoms with Crippen LogP contribution in [0.2, 0.25) is 5.02 Å². The van der Waals surface area contributed by atoms with Crippen LogP contribution in [0.3, 0.4) is 0 Å². The van der Waals surface area contributed by atoms with Crippen LogP contribution in [0.5, 0.6) is 11.5 Å². The Hall–Kier alpha value is -2.27. The number of aromatic carboxylic acids is 1. The van der Waals surface area contributed by atoms with Crippen LogP contribution in [0.15, 0.2) is 36.4 Å². The quantitative estimate of drug-likeness (QED) is 0.913. The number of ether oxygens (including phenoxy) is 2. The molecule has 0 bridgehead atoms. The molecule has 2 aromatic carbocycles. The molecule has 0 spiro atoms. The summed E-state index contributed by atoms with van der Waals surface area (Å²) in [6, 6.07) is 8.28. The van der Waals surface area contributed by atoms with Crippen LogP contribution in [0.25, 0.3) is 0 Å². The van der Waals surface area contributed by atoms with Gasteiger partial charge in [-0.2, -0.15) is 0 Å². The van der Waals surface area contributed by atoms with Gasteiger partial charge in [0.1, 0.15) is 12.4 Å². The van der Waals surface area contributed by atoms with Crippen LogP contribution >= 0.6 is 11.6 Å². The molecule has 0 aromatic heterocycles. The maximum absolute atomic E-state index is 12.9. The summed E-state index contributed by atoms with van der Waals surface area (Å²) < 4.78 is 23.6. The Morgan fingerprint density at radius 2 is 2.00 bits per heavy atom. The lowest BCUT2D eigenvalue weighted by Gasteiger charge is -2.12. The smallest absolute Gasteiger partial charge is 0.335 e. The summed E-state index contributed by atoms with van der Waals surface area (Å²) in [5.41, 5.74) is 0.710. The minimum Gasteiger partial charge on any atom is -0.493 e. The van der Waals surface area contributed by atoms with Crippen molar-refractivity contribution in [3.63, 3.8) is 0 Å². The second-order valence-electron chi connectivity index (χ2n) is 4.20. The minimum absolute atomic E-state index is 0.0963. The van der Waals surface area contributed by atoms with E-state index in [0.717, 1.165) is 0 Å². The number of carboxylic acids is 1. The van der Waals surface area contributed by atoms with Crippen molar-refractivity contribution >= 4 is 17.6 Å². The van der Waals surface area contributed by atoms with E-state index in [-0.39, 0.29) is 17.2 Å². The van der Waals surface area contributed by atoms with E-state index in [1.165, 1.54) is 43.5 Å². The maximum Gasteiger partial charge on any atom is 0.335 e. The van der Waals surface area contributed by atoms with Gasteiger partial charge in [0.05, 0.1) is 17.7 Å². The zero-order chi connectivity index (χ0) is 15.4. The van der Waals surface area contributed by atoms with Gasteiger partial charge in [0, 0.05) is 5.56 Å². The van der Waals surface area contributed by atoms with Crippen LogP contribution in [0, 0.1) is 5.82 Å². The molecule has 2 aromatic rings. The molecule has 2 rings (SSSR count). The molecule has 0 amide bonds.